The van der Waals surface area contributed by atoms with E-state index in [-0.39, 0.29) is 10.7 Å². The Labute approximate surface area is 126 Å². The van der Waals surface area contributed by atoms with Crippen molar-refractivity contribution in [1.82, 2.24) is 0 Å². The maximum Gasteiger partial charge on any atom is 0.379 e. The van der Waals surface area contributed by atoms with E-state index in [1.165, 1.54) is 12.1 Å². The van der Waals surface area contributed by atoms with E-state index in [0.29, 0.717) is 5.56 Å². The SMILES string of the molecule is FC(F)F.O=C(CS(=O)(=O)c1ccccc1)c1ccccc1. The summed E-state index contributed by atoms with van der Waals surface area (Å²) in [6.07, 6.45) is 0. The summed E-state index contributed by atoms with van der Waals surface area (Å²) in [4.78, 5) is 12.0. The molecule has 0 atom stereocenters. The van der Waals surface area contributed by atoms with E-state index in [9.17, 15) is 26.4 Å². The normalized spacial score (nSPS) is 10.7. The second kappa shape index (κ2) is 8.33. The fourth-order valence-electron chi connectivity index (χ4n) is 1.59. The number of carbonyl (C=O) groups excluding carboxylic acids is 1. The third-order valence-electron chi connectivity index (χ3n) is 2.52. The van der Waals surface area contributed by atoms with E-state index in [0.717, 1.165) is 0 Å². The van der Waals surface area contributed by atoms with Crippen molar-refractivity contribution in [3.8, 4) is 0 Å². The van der Waals surface area contributed by atoms with Crippen LogP contribution in [0, 0.1) is 0 Å². The van der Waals surface area contributed by atoms with Gasteiger partial charge in [0.25, 0.3) is 0 Å². The molecule has 0 saturated heterocycles. The van der Waals surface area contributed by atoms with Crippen LogP contribution in [0.15, 0.2) is 65.6 Å². The highest BCUT2D eigenvalue weighted by molar-refractivity contribution is 7.92. The number of halogens is 3. The van der Waals surface area contributed by atoms with Crippen molar-refractivity contribution in [2.45, 2.75) is 11.6 Å². The first-order valence-corrected chi connectivity index (χ1v) is 7.76. The molecule has 3 nitrogen and oxygen atoms in total. The largest absolute Gasteiger partial charge is 0.379 e. The summed E-state index contributed by atoms with van der Waals surface area (Å²) in [7, 11) is -3.56. The van der Waals surface area contributed by atoms with Gasteiger partial charge >= 0.3 is 6.68 Å². The van der Waals surface area contributed by atoms with Crippen LogP contribution in [0.3, 0.4) is 0 Å². The smallest absolute Gasteiger partial charge is 0.293 e. The molecule has 0 N–H and O–H groups in total. The van der Waals surface area contributed by atoms with Crippen LogP contribution >= 0.6 is 0 Å². The molecule has 0 aliphatic heterocycles. The van der Waals surface area contributed by atoms with E-state index in [1.807, 2.05) is 0 Å². The van der Waals surface area contributed by atoms with Crippen molar-refractivity contribution >= 4 is 15.6 Å². The molecule has 2 aromatic carbocycles. The zero-order valence-electron chi connectivity index (χ0n) is 11.3. The van der Waals surface area contributed by atoms with Gasteiger partial charge in [0.15, 0.2) is 15.6 Å². The minimum absolute atomic E-state index is 0.175. The Hall–Kier alpha value is -2.15. The van der Waals surface area contributed by atoms with E-state index < -0.39 is 22.3 Å². The standard InChI is InChI=1S/C14H12O3S.CHF3/c15-14(12-7-3-1-4-8-12)11-18(16,17)13-9-5-2-6-10-13;2-1(3)4/h1-10H,11H2;1H. The molecule has 0 heterocycles. The van der Waals surface area contributed by atoms with Crippen LogP contribution in [0.4, 0.5) is 13.2 Å². The van der Waals surface area contributed by atoms with Crippen molar-refractivity contribution < 1.29 is 26.4 Å². The lowest BCUT2D eigenvalue weighted by Crippen LogP contribution is -2.16. The Balaban J connectivity index is 0.000000541. The molecule has 0 fully saturated rings. The average Bonchev–Trinajstić information content (AvgIpc) is 2.48. The highest BCUT2D eigenvalue weighted by atomic mass is 32.2. The number of hydrogen-bond donors (Lipinski definition) is 0. The molecule has 0 amide bonds. The third-order valence-corrected chi connectivity index (χ3v) is 4.15. The number of benzene rings is 2. The van der Waals surface area contributed by atoms with Crippen LogP contribution in [0.2, 0.25) is 0 Å². The molecule has 0 aliphatic rings. The fraction of sp³-hybridized carbons (Fsp3) is 0.133. The van der Waals surface area contributed by atoms with Crippen molar-refractivity contribution in [2.75, 3.05) is 5.75 Å². The van der Waals surface area contributed by atoms with Gasteiger partial charge in [-0.15, -0.1) is 0 Å². The number of hydrogen-bond acceptors (Lipinski definition) is 3. The van der Waals surface area contributed by atoms with Gasteiger partial charge in [-0.05, 0) is 12.1 Å². The molecule has 2 rings (SSSR count). The molecule has 0 saturated carbocycles. The highest BCUT2D eigenvalue weighted by Crippen LogP contribution is 2.12. The number of sulfone groups is 1. The zero-order valence-corrected chi connectivity index (χ0v) is 12.1. The lowest BCUT2D eigenvalue weighted by atomic mass is 10.2. The number of ketones is 1. The van der Waals surface area contributed by atoms with Gasteiger partial charge in [-0.2, -0.15) is 13.2 Å². The fourth-order valence-corrected chi connectivity index (χ4v) is 2.84. The molecule has 118 valence electrons. The first kappa shape index (κ1) is 17.9. The van der Waals surface area contributed by atoms with Gasteiger partial charge in [0.1, 0.15) is 5.75 Å². The molecule has 0 unspecified atom stereocenters. The number of Topliss-reactive ketones (excluding diaryl/α,β-unsaturated/α-hetero) is 1. The molecule has 2 aromatic rings. The van der Waals surface area contributed by atoms with Gasteiger partial charge in [0.2, 0.25) is 0 Å². The van der Waals surface area contributed by atoms with E-state index >= 15 is 0 Å². The van der Waals surface area contributed by atoms with Crippen LogP contribution in [0.5, 0.6) is 0 Å². The Morgan fingerprint density at radius 3 is 1.73 bits per heavy atom. The monoisotopic (exact) mass is 330 g/mol. The summed E-state index contributed by atoms with van der Waals surface area (Å²) in [5, 5.41) is 0. The lowest BCUT2D eigenvalue weighted by Gasteiger charge is -2.03. The minimum Gasteiger partial charge on any atom is -0.293 e. The van der Waals surface area contributed by atoms with Gasteiger partial charge in [-0.3, -0.25) is 4.79 Å². The van der Waals surface area contributed by atoms with E-state index in [1.54, 1.807) is 48.5 Å². The van der Waals surface area contributed by atoms with Crippen LogP contribution in [0.1, 0.15) is 10.4 Å². The highest BCUT2D eigenvalue weighted by Gasteiger charge is 2.19. The van der Waals surface area contributed by atoms with Crippen LogP contribution in [-0.4, -0.2) is 26.6 Å². The minimum atomic E-state index is -3.67. The summed E-state index contributed by atoms with van der Waals surface area (Å²) in [6, 6.07) is 16.4. The Morgan fingerprint density at radius 2 is 1.27 bits per heavy atom. The summed E-state index contributed by atoms with van der Waals surface area (Å²) < 4.78 is 53.0. The Bertz CT molecular complexity index is 684. The van der Waals surface area contributed by atoms with Crippen LogP contribution < -0.4 is 0 Å². The summed E-state index contributed by atoms with van der Waals surface area (Å²) in [6.45, 7) is -3.67. The maximum atomic E-state index is 12.0. The first-order valence-electron chi connectivity index (χ1n) is 6.11. The predicted molar refractivity (Wildman–Crippen MR) is 76.4 cm³/mol. The average molecular weight is 330 g/mol. The Kier molecular flexibility index (Phi) is 6.78. The molecule has 0 radical (unpaired) electrons. The number of rotatable bonds is 4. The molecule has 0 aliphatic carbocycles. The van der Waals surface area contributed by atoms with Gasteiger partial charge in [-0.1, -0.05) is 48.5 Å². The second-order valence-electron chi connectivity index (χ2n) is 4.11. The molecule has 22 heavy (non-hydrogen) atoms. The van der Waals surface area contributed by atoms with Gasteiger partial charge < -0.3 is 0 Å². The zero-order chi connectivity index (χ0) is 16.6. The van der Waals surface area contributed by atoms with Crippen molar-refractivity contribution in [1.29, 1.82) is 0 Å². The molecule has 0 spiro atoms. The van der Waals surface area contributed by atoms with Crippen molar-refractivity contribution in [3.05, 3.63) is 66.2 Å². The van der Waals surface area contributed by atoms with Crippen LogP contribution in [-0.2, 0) is 9.84 Å². The van der Waals surface area contributed by atoms with Gasteiger partial charge in [0, 0.05) is 5.56 Å². The predicted octanol–water partition coefficient (Wildman–Crippen LogP) is 3.52. The first-order chi connectivity index (χ1) is 10.3. The van der Waals surface area contributed by atoms with Crippen LogP contribution in [0.25, 0.3) is 0 Å². The summed E-state index contributed by atoms with van der Waals surface area (Å²) in [5.74, 6) is -0.888. The quantitative estimate of drug-likeness (QED) is 0.806. The molecular weight excluding hydrogens is 317 g/mol. The molecule has 0 aromatic heterocycles. The summed E-state index contributed by atoms with van der Waals surface area (Å²) in [5.41, 5.74) is 0.414. The Morgan fingerprint density at radius 1 is 0.864 bits per heavy atom. The molecule has 7 heteroatoms. The molecular formula is C15H13F3O3S. The summed E-state index contributed by atoms with van der Waals surface area (Å²) >= 11 is 0. The number of carbonyl (C=O) groups is 1. The molecule has 0 bridgehead atoms. The van der Waals surface area contributed by atoms with Gasteiger partial charge in [-0.25, -0.2) is 8.42 Å². The maximum absolute atomic E-state index is 12.0. The van der Waals surface area contributed by atoms with Crippen molar-refractivity contribution in [2.24, 2.45) is 0 Å². The lowest BCUT2D eigenvalue weighted by molar-refractivity contribution is 0.00818. The van der Waals surface area contributed by atoms with E-state index in [4.69, 9.17) is 0 Å². The number of alkyl halides is 3. The second-order valence-corrected chi connectivity index (χ2v) is 6.10. The van der Waals surface area contributed by atoms with E-state index in [2.05, 4.69) is 0 Å². The topological polar surface area (TPSA) is 51.2 Å². The third kappa shape index (κ3) is 6.09. The van der Waals surface area contributed by atoms with Gasteiger partial charge in [0.05, 0.1) is 4.90 Å². The van der Waals surface area contributed by atoms with Crippen molar-refractivity contribution in [3.63, 3.8) is 0 Å².